The normalized spacial score (nSPS) is 11.9. The molecule has 1 N–H and O–H groups in total. The van der Waals surface area contributed by atoms with Crippen molar-refractivity contribution in [2.24, 2.45) is 0 Å². The molecule has 0 fully saturated rings. The first-order chi connectivity index (χ1) is 13.2. The van der Waals surface area contributed by atoms with Gasteiger partial charge in [-0.3, -0.25) is 4.79 Å². The van der Waals surface area contributed by atoms with Crippen molar-refractivity contribution in [3.63, 3.8) is 0 Å². The van der Waals surface area contributed by atoms with E-state index < -0.39 is 0 Å². The van der Waals surface area contributed by atoms with Gasteiger partial charge in [0.1, 0.15) is 5.82 Å². The third-order valence-corrected chi connectivity index (χ3v) is 4.76. The molecule has 3 aromatic rings. The largest absolute Gasteiger partial charge is 0.411 e. The lowest BCUT2D eigenvalue weighted by Gasteiger charge is -2.18. The molecule has 5 nitrogen and oxygen atoms in total. The third-order valence-electron chi connectivity index (χ3n) is 3.94. The summed E-state index contributed by atoms with van der Waals surface area (Å²) in [6.07, 6.45) is 1.84. The zero-order valence-corrected chi connectivity index (χ0v) is 15.7. The molecule has 0 spiro atoms. The van der Waals surface area contributed by atoms with Crippen molar-refractivity contribution < 1.29 is 13.6 Å². The first-order valence-corrected chi connectivity index (χ1v) is 9.71. The van der Waals surface area contributed by atoms with Crippen LogP contribution in [0.4, 0.5) is 4.39 Å². The predicted octanol–water partition coefficient (Wildman–Crippen LogP) is 4.63. The lowest BCUT2D eigenvalue weighted by Crippen LogP contribution is -2.29. The summed E-state index contributed by atoms with van der Waals surface area (Å²) in [7, 11) is 0. The van der Waals surface area contributed by atoms with Gasteiger partial charge in [0.2, 0.25) is 11.8 Å². The van der Waals surface area contributed by atoms with Crippen LogP contribution in [0.3, 0.4) is 0 Å². The minimum absolute atomic E-state index is 0.0123. The molecule has 0 saturated carbocycles. The van der Waals surface area contributed by atoms with Crippen LogP contribution in [0, 0.1) is 5.82 Å². The highest BCUT2D eigenvalue weighted by molar-refractivity contribution is 7.99. The molecule has 1 heterocycles. The summed E-state index contributed by atoms with van der Waals surface area (Å²) in [5.74, 6) is 0.0532. The Bertz CT molecular complexity index is 868. The highest BCUT2D eigenvalue weighted by Gasteiger charge is 2.15. The van der Waals surface area contributed by atoms with Gasteiger partial charge in [-0.1, -0.05) is 55.4 Å². The summed E-state index contributed by atoms with van der Waals surface area (Å²) in [6.45, 7) is 2.09. The molecule has 1 amide bonds. The van der Waals surface area contributed by atoms with Gasteiger partial charge in [-0.2, -0.15) is 0 Å². The molecule has 2 aromatic carbocycles. The average molecular weight is 385 g/mol. The Balaban J connectivity index is 1.56. The van der Waals surface area contributed by atoms with Crippen molar-refractivity contribution in [2.45, 2.75) is 31.0 Å². The van der Waals surface area contributed by atoms with Crippen LogP contribution in [0.1, 0.15) is 31.4 Å². The van der Waals surface area contributed by atoms with Gasteiger partial charge in [-0.15, -0.1) is 10.2 Å². The van der Waals surface area contributed by atoms with Crippen LogP contribution in [0.25, 0.3) is 11.5 Å². The molecule has 0 bridgehead atoms. The first-order valence-electron chi connectivity index (χ1n) is 8.72. The van der Waals surface area contributed by atoms with E-state index in [9.17, 15) is 9.18 Å². The number of carbonyl (C=O) groups excluding carboxylic acids is 1. The summed E-state index contributed by atoms with van der Waals surface area (Å²) in [5, 5.41) is 11.2. The van der Waals surface area contributed by atoms with E-state index in [1.165, 1.54) is 23.9 Å². The quantitative estimate of drug-likeness (QED) is 0.573. The number of carbonyl (C=O) groups is 1. The summed E-state index contributed by atoms with van der Waals surface area (Å²) >= 11 is 1.18. The second-order valence-electron chi connectivity index (χ2n) is 5.99. The molecular formula is C20H20FN3O2S. The lowest BCUT2D eigenvalue weighted by molar-refractivity contribution is -0.119. The fraction of sp³-hybridized carbons (Fsp3) is 0.250. The third kappa shape index (κ3) is 5.40. The van der Waals surface area contributed by atoms with Gasteiger partial charge in [0.25, 0.3) is 5.22 Å². The number of thioether (sulfide) groups is 1. The average Bonchev–Trinajstić information content (AvgIpc) is 3.16. The highest BCUT2D eigenvalue weighted by atomic mass is 32.2. The Labute approximate surface area is 161 Å². The van der Waals surface area contributed by atoms with Gasteiger partial charge in [-0.05, 0) is 36.2 Å². The predicted molar refractivity (Wildman–Crippen MR) is 103 cm³/mol. The second kappa shape index (κ2) is 9.32. The van der Waals surface area contributed by atoms with E-state index in [0.717, 1.165) is 18.4 Å². The SMILES string of the molecule is CCC[C@@H](NC(=O)CSc1nnc(-c2ccc(F)cc2)o1)c1ccccc1. The van der Waals surface area contributed by atoms with E-state index >= 15 is 0 Å². The molecule has 0 saturated heterocycles. The smallest absolute Gasteiger partial charge is 0.277 e. The van der Waals surface area contributed by atoms with Crippen molar-refractivity contribution in [2.75, 3.05) is 5.75 Å². The van der Waals surface area contributed by atoms with Crippen molar-refractivity contribution in [1.29, 1.82) is 0 Å². The lowest BCUT2D eigenvalue weighted by atomic mass is 10.0. The topological polar surface area (TPSA) is 68.0 Å². The molecule has 27 heavy (non-hydrogen) atoms. The maximum Gasteiger partial charge on any atom is 0.277 e. The zero-order chi connectivity index (χ0) is 19.1. The summed E-state index contributed by atoms with van der Waals surface area (Å²) < 4.78 is 18.5. The van der Waals surface area contributed by atoms with Crippen molar-refractivity contribution >= 4 is 17.7 Å². The highest BCUT2D eigenvalue weighted by Crippen LogP contribution is 2.24. The van der Waals surface area contributed by atoms with Gasteiger partial charge in [0, 0.05) is 5.56 Å². The Hall–Kier alpha value is -2.67. The van der Waals surface area contributed by atoms with E-state index in [2.05, 4.69) is 22.4 Å². The van der Waals surface area contributed by atoms with Gasteiger partial charge < -0.3 is 9.73 Å². The number of amides is 1. The van der Waals surface area contributed by atoms with E-state index in [0.29, 0.717) is 16.7 Å². The maximum atomic E-state index is 13.0. The Morgan fingerprint density at radius 2 is 1.89 bits per heavy atom. The standard InChI is InChI=1S/C20H20FN3O2S/c1-2-6-17(14-7-4-3-5-8-14)22-18(25)13-27-20-24-23-19(26-20)15-9-11-16(21)12-10-15/h3-5,7-12,17H,2,6,13H2,1H3,(H,22,25)/t17-/m1/s1. The van der Waals surface area contributed by atoms with E-state index in [4.69, 9.17) is 4.42 Å². The van der Waals surface area contributed by atoms with Crippen LogP contribution < -0.4 is 5.32 Å². The molecular weight excluding hydrogens is 365 g/mol. The van der Waals surface area contributed by atoms with Crippen molar-refractivity contribution in [3.05, 3.63) is 66.0 Å². The van der Waals surface area contributed by atoms with Crippen LogP contribution >= 0.6 is 11.8 Å². The number of nitrogens with one attached hydrogen (secondary N) is 1. The Morgan fingerprint density at radius 1 is 1.15 bits per heavy atom. The van der Waals surface area contributed by atoms with Crippen LogP contribution in [-0.2, 0) is 4.79 Å². The molecule has 3 rings (SSSR count). The number of aromatic nitrogens is 2. The molecule has 7 heteroatoms. The minimum atomic E-state index is -0.329. The van der Waals surface area contributed by atoms with Gasteiger partial charge in [0.05, 0.1) is 11.8 Å². The van der Waals surface area contributed by atoms with Gasteiger partial charge in [-0.25, -0.2) is 4.39 Å². The van der Waals surface area contributed by atoms with Gasteiger partial charge in [0.15, 0.2) is 0 Å². The summed E-state index contributed by atoms with van der Waals surface area (Å²) in [6, 6.07) is 15.7. The Kier molecular flexibility index (Phi) is 6.59. The number of benzene rings is 2. The summed E-state index contributed by atoms with van der Waals surface area (Å²) in [5.41, 5.74) is 1.72. The second-order valence-corrected chi connectivity index (χ2v) is 6.91. The van der Waals surface area contributed by atoms with Crippen molar-refractivity contribution in [3.8, 4) is 11.5 Å². The number of hydrogen-bond acceptors (Lipinski definition) is 5. The molecule has 0 aliphatic carbocycles. The number of halogens is 1. The van der Waals surface area contributed by atoms with Gasteiger partial charge >= 0.3 is 0 Å². The number of hydrogen-bond donors (Lipinski definition) is 1. The molecule has 1 atom stereocenters. The molecule has 0 aliphatic heterocycles. The van der Waals surface area contributed by atoms with E-state index in [1.807, 2.05) is 30.3 Å². The minimum Gasteiger partial charge on any atom is -0.411 e. The fourth-order valence-corrected chi connectivity index (χ4v) is 3.21. The first kappa shape index (κ1) is 19.1. The van der Waals surface area contributed by atoms with Crippen LogP contribution in [0.15, 0.2) is 64.2 Å². The monoisotopic (exact) mass is 385 g/mol. The van der Waals surface area contributed by atoms with Crippen LogP contribution in [0.5, 0.6) is 0 Å². The molecule has 1 aromatic heterocycles. The van der Waals surface area contributed by atoms with Crippen molar-refractivity contribution in [1.82, 2.24) is 15.5 Å². The van der Waals surface area contributed by atoms with E-state index in [1.54, 1.807) is 12.1 Å². The number of nitrogens with zero attached hydrogens (tertiary/aromatic N) is 2. The maximum absolute atomic E-state index is 13.0. The van der Waals surface area contributed by atoms with Crippen LogP contribution in [0.2, 0.25) is 0 Å². The molecule has 0 radical (unpaired) electrons. The molecule has 0 aliphatic rings. The zero-order valence-electron chi connectivity index (χ0n) is 14.9. The fourth-order valence-electron chi connectivity index (χ4n) is 2.64. The number of rotatable bonds is 8. The van der Waals surface area contributed by atoms with Crippen LogP contribution in [-0.4, -0.2) is 21.9 Å². The van der Waals surface area contributed by atoms with E-state index in [-0.39, 0.29) is 23.5 Å². The molecule has 140 valence electrons. The molecule has 0 unspecified atom stereocenters. The summed E-state index contributed by atoms with van der Waals surface area (Å²) in [4.78, 5) is 12.3. The Morgan fingerprint density at radius 3 is 2.59 bits per heavy atom.